The highest BCUT2D eigenvalue weighted by Crippen LogP contribution is 2.26. The van der Waals surface area contributed by atoms with E-state index in [1.807, 2.05) is 30.5 Å². The molecule has 140 valence electrons. The molecular formula is C21H16BrN3O3. The molecular weight excluding hydrogens is 422 g/mol. The van der Waals surface area contributed by atoms with Crippen LogP contribution in [0.4, 0.5) is 11.4 Å². The maximum atomic E-state index is 13.0. The molecule has 0 unspecified atom stereocenters. The monoisotopic (exact) mass is 437 g/mol. The molecule has 4 rings (SSSR count). The van der Waals surface area contributed by atoms with Gasteiger partial charge in [0.05, 0.1) is 16.9 Å². The summed E-state index contributed by atoms with van der Waals surface area (Å²) < 4.78 is 5.81. The highest BCUT2D eigenvalue weighted by atomic mass is 79.9. The van der Waals surface area contributed by atoms with Crippen LogP contribution in [0.3, 0.4) is 0 Å². The first-order chi connectivity index (χ1) is 13.5. The Hall–Kier alpha value is -3.32. The van der Waals surface area contributed by atoms with Crippen LogP contribution in [0.15, 0.2) is 75.9 Å². The molecule has 6 nitrogen and oxygen atoms in total. The Morgan fingerprint density at radius 2 is 1.86 bits per heavy atom. The number of carbonyl (C=O) groups excluding carboxylic acids is 2. The lowest BCUT2D eigenvalue weighted by Gasteiger charge is -2.19. The Morgan fingerprint density at radius 3 is 2.64 bits per heavy atom. The Morgan fingerprint density at radius 1 is 1.04 bits per heavy atom. The van der Waals surface area contributed by atoms with Crippen molar-refractivity contribution < 1.29 is 14.0 Å². The molecule has 0 spiro atoms. The number of amides is 2. The van der Waals surface area contributed by atoms with Crippen molar-refractivity contribution in [1.29, 1.82) is 0 Å². The Balaban J connectivity index is 1.64. The molecule has 4 aromatic rings. The average molecular weight is 438 g/mol. The van der Waals surface area contributed by atoms with Crippen molar-refractivity contribution >= 4 is 50.0 Å². The maximum absolute atomic E-state index is 13.0. The molecule has 0 aliphatic heterocycles. The number of benzene rings is 2. The molecule has 28 heavy (non-hydrogen) atoms. The third kappa shape index (κ3) is 3.32. The zero-order valence-electron chi connectivity index (χ0n) is 14.9. The van der Waals surface area contributed by atoms with Gasteiger partial charge in [0, 0.05) is 24.1 Å². The van der Waals surface area contributed by atoms with Crippen LogP contribution in [0.2, 0.25) is 0 Å². The molecule has 0 saturated heterocycles. The van der Waals surface area contributed by atoms with E-state index in [4.69, 9.17) is 4.42 Å². The van der Waals surface area contributed by atoms with Crippen molar-refractivity contribution in [1.82, 2.24) is 4.98 Å². The predicted octanol–water partition coefficient (Wildman–Crippen LogP) is 5.05. The number of hydrogen-bond acceptors (Lipinski definition) is 3. The fraction of sp³-hybridized carbons (Fsp3) is 0.0476. The van der Waals surface area contributed by atoms with Gasteiger partial charge in [0.2, 0.25) is 0 Å². The molecule has 2 N–H and O–H groups in total. The van der Waals surface area contributed by atoms with Crippen LogP contribution in [0.25, 0.3) is 10.9 Å². The fourth-order valence-corrected chi connectivity index (χ4v) is 3.35. The van der Waals surface area contributed by atoms with Crippen LogP contribution in [0.1, 0.15) is 20.9 Å². The number of anilines is 2. The van der Waals surface area contributed by atoms with E-state index in [0.29, 0.717) is 21.6 Å². The summed E-state index contributed by atoms with van der Waals surface area (Å²) >= 11 is 3.19. The quantitative estimate of drug-likeness (QED) is 0.468. The Kier molecular flexibility index (Phi) is 4.75. The number of H-pyrrole nitrogens is 1. The summed E-state index contributed by atoms with van der Waals surface area (Å²) in [5.41, 5.74) is 2.50. The van der Waals surface area contributed by atoms with Gasteiger partial charge >= 0.3 is 0 Å². The summed E-state index contributed by atoms with van der Waals surface area (Å²) in [5, 5.41) is 3.85. The Labute approximate surface area is 169 Å². The topological polar surface area (TPSA) is 78.3 Å². The molecule has 0 atom stereocenters. The van der Waals surface area contributed by atoms with Crippen LogP contribution in [-0.2, 0) is 0 Å². The van der Waals surface area contributed by atoms with Gasteiger partial charge in [-0.3, -0.25) is 9.59 Å². The van der Waals surface area contributed by atoms with Gasteiger partial charge in [-0.2, -0.15) is 0 Å². The zero-order chi connectivity index (χ0) is 19.7. The standard InChI is InChI=1S/C21H16BrN3O3/c1-25(21(27)18-9-10-19(22)28-18)17-8-3-2-5-14(17)20(26)24-16-7-4-6-15-13(16)11-12-23-15/h2-12,23H,1H3,(H,24,26). The van der Waals surface area contributed by atoms with Gasteiger partial charge < -0.3 is 19.6 Å². The minimum absolute atomic E-state index is 0.182. The molecule has 0 aliphatic carbocycles. The molecule has 7 heteroatoms. The number of carbonyl (C=O) groups is 2. The van der Waals surface area contributed by atoms with Crippen molar-refractivity contribution in [2.75, 3.05) is 17.3 Å². The lowest BCUT2D eigenvalue weighted by Crippen LogP contribution is -2.28. The average Bonchev–Trinajstić information content (AvgIpc) is 3.36. The number of rotatable bonds is 4. The third-order valence-corrected chi connectivity index (χ3v) is 4.87. The molecule has 0 bridgehead atoms. The van der Waals surface area contributed by atoms with E-state index in [9.17, 15) is 9.59 Å². The molecule has 2 aromatic heterocycles. The summed E-state index contributed by atoms with van der Waals surface area (Å²) in [7, 11) is 1.61. The number of para-hydroxylation sites is 1. The molecule has 2 heterocycles. The van der Waals surface area contributed by atoms with E-state index < -0.39 is 0 Å². The highest BCUT2D eigenvalue weighted by molar-refractivity contribution is 9.10. The number of hydrogen-bond donors (Lipinski definition) is 2. The van der Waals surface area contributed by atoms with E-state index in [1.54, 1.807) is 43.4 Å². The third-order valence-electron chi connectivity index (χ3n) is 4.44. The van der Waals surface area contributed by atoms with Crippen molar-refractivity contribution in [2.45, 2.75) is 0 Å². The van der Waals surface area contributed by atoms with Gasteiger partial charge in [-0.05, 0) is 58.4 Å². The highest BCUT2D eigenvalue weighted by Gasteiger charge is 2.22. The van der Waals surface area contributed by atoms with Gasteiger partial charge in [-0.1, -0.05) is 18.2 Å². The van der Waals surface area contributed by atoms with Gasteiger partial charge in [0.1, 0.15) is 0 Å². The number of nitrogens with zero attached hydrogens (tertiary/aromatic N) is 1. The van der Waals surface area contributed by atoms with E-state index >= 15 is 0 Å². The van der Waals surface area contributed by atoms with Crippen molar-refractivity contribution in [2.24, 2.45) is 0 Å². The number of fused-ring (bicyclic) bond motifs is 1. The van der Waals surface area contributed by atoms with Crippen molar-refractivity contribution in [3.05, 3.63) is 82.9 Å². The van der Waals surface area contributed by atoms with E-state index in [-0.39, 0.29) is 17.6 Å². The minimum atomic E-state index is -0.348. The SMILES string of the molecule is CN(C(=O)c1ccc(Br)o1)c1ccccc1C(=O)Nc1cccc2[nH]ccc12. The summed E-state index contributed by atoms with van der Waals surface area (Å²) in [5.74, 6) is -0.468. The molecule has 0 aliphatic rings. The normalized spacial score (nSPS) is 10.8. The van der Waals surface area contributed by atoms with Crippen LogP contribution in [0.5, 0.6) is 0 Å². The van der Waals surface area contributed by atoms with Crippen molar-refractivity contribution in [3.63, 3.8) is 0 Å². The fourth-order valence-electron chi connectivity index (χ4n) is 3.05. The van der Waals surface area contributed by atoms with E-state index in [0.717, 1.165) is 10.9 Å². The molecule has 0 saturated carbocycles. The minimum Gasteiger partial charge on any atom is -0.444 e. The number of furan rings is 1. The van der Waals surface area contributed by atoms with Crippen molar-refractivity contribution in [3.8, 4) is 0 Å². The van der Waals surface area contributed by atoms with Crippen LogP contribution in [-0.4, -0.2) is 23.8 Å². The second-order valence-corrected chi connectivity index (χ2v) is 6.97. The van der Waals surface area contributed by atoms with E-state index in [1.165, 1.54) is 4.90 Å². The summed E-state index contributed by atoms with van der Waals surface area (Å²) in [4.78, 5) is 30.2. The lowest BCUT2D eigenvalue weighted by molar-refractivity contribution is 0.0965. The van der Waals surface area contributed by atoms with Gasteiger partial charge in [0.15, 0.2) is 10.4 Å². The second-order valence-electron chi connectivity index (χ2n) is 6.18. The largest absolute Gasteiger partial charge is 0.444 e. The summed E-state index contributed by atoms with van der Waals surface area (Å²) in [6.07, 6.45) is 1.82. The first-order valence-electron chi connectivity index (χ1n) is 8.54. The molecule has 2 aromatic carbocycles. The lowest BCUT2D eigenvalue weighted by atomic mass is 10.1. The van der Waals surface area contributed by atoms with E-state index in [2.05, 4.69) is 26.2 Å². The van der Waals surface area contributed by atoms with Gasteiger partial charge in [0.25, 0.3) is 11.8 Å². The molecule has 2 amide bonds. The number of halogens is 1. The summed E-state index contributed by atoms with van der Waals surface area (Å²) in [6, 6.07) is 17.7. The summed E-state index contributed by atoms with van der Waals surface area (Å²) in [6.45, 7) is 0. The molecule has 0 fully saturated rings. The first-order valence-corrected chi connectivity index (χ1v) is 9.34. The predicted molar refractivity (Wildman–Crippen MR) is 112 cm³/mol. The smallest absolute Gasteiger partial charge is 0.293 e. The maximum Gasteiger partial charge on any atom is 0.293 e. The number of aromatic nitrogens is 1. The van der Waals surface area contributed by atoms with Crippen LogP contribution in [0, 0.1) is 0 Å². The first kappa shape index (κ1) is 18.1. The molecule has 0 radical (unpaired) electrons. The van der Waals surface area contributed by atoms with Gasteiger partial charge in [-0.25, -0.2) is 0 Å². The zero-order valence-corrected chi connectivity index (χ0v) is 16.5. The Bertz CT molecular complexity index is 1180. The van der Waals surface area contributed by atoms with Crippen LogP contribution >= 0.6 is 15.9 Å². The number of aromatic amines is 1. The number of nitrogens with one attached hydrogen (secondary N) is 2. The second kappa shape index (κ2) is 7.36. The van der Waals surface area contributed by atoms with Crippen LogP contribution < -0.4 is 10.2 Å². The van der Waals surface area contributed by atoms with Gasteiger partial charge in [-0.15, -0.1) is 0 Å².